The van der Waals surface area contributed by atoms with Crippen LogP contribution in [0.25, 0.3) is 11.0 Å². The first-order valence-electron chi connectivity index (χ1n) is 8.23. The van der Waals surface area contributed by atoms with E-state index >= 15 is 0 Å². The molecule has 1 N–H and O–H groups in total. The Labute approximate surface area is 145 Å². The van der Waals surface area contributed by atoms with Gasteiger partial charge in [0, 0.05) is 5.56 Å². The lowest BCUT2D eigenvalue weighted by Gasteiger charge is -2.31. The van der Waals surface area contributed by atoms with Crippen LogP contribution in [0, 0.1) is 0 Å². The second-order valence-corrected chi connectivity index (χ2v) is 8.11. The van der Waals surface area contributed by atoms with E-state index in [1.54, 1.807) is 18.2 Å². The minimum absolute atomic E-state index is 0.165. The summed E-state index contributed by atoms with van der Waals surface area (Å²) in [5.74, 6) is 0. The van der Waals surface area contributed by atoms with Crippen LogP contribution in [0.1, 0.15) is 5.56 Å². The summed E-state index contributed by atoms with van der Waals surface area (Å²) in [7, 11) is -3.60. The number of nitrogens with one attached hydrogen (secondary N) is 1. The second-order valence-electron chi connectivity index (χ2n) is 6.20. The van der Waals surface area contributed by atoms with Crippen molar-refractivity contribution in [2.75, 3.05) is 26.2 Å². The van der Waals surface area contributed by atoms with Gasteiger partial charge in [-0.2, -0.15) is 4.31 Å². The van der Waals surface area contributed by atoms with Crippen molar-refractivity contribution in [3.63, 3.8) is 0 Å². The number of sulfonamides is 1. The van der Waals surface area contributed by atoms with Gasteiger partial charge < -0.3 is 4.90 Å². The molecular weight excluding hydrogens is 340 g/mol. The number of aromatic nitrogens is 2. The van der Waals surface area contributed by atoms with E-state index < -0.39 is 10.0 Å². The fourth-order valence-corrected chi connectivity index (χ4v) is 4.81. The highest BCUT2D eigenvalue weighted by molar-refractivity contribution is 7.89. The molecule has 0 aliphatic carbocycles. The molecule has 3 aromatic rings. The van der Waals surface area contributed by atoms with E-state index in [0.29, 0.717) is 24.1 Å². The van der Waals surface area contributed by atoms with Crippen molar-refractivity contribution in [2.45, 2.75) is 11.4 Å². The molecule has 0 spiro atoms. The Morgan fingerprint density at radius 3 is 2.52 bits per heavy atom. The Hall–Kier alpha value is -2.29. The summed E-state index contributed by atoms with van der Waals surface area (Å²) in [5, 5.41) is 7.48. The van der Waals surface area contributed by atoms with E-state index in [0.717, 1.165) is 19.6 Å². The normalized spacial score (nSPS) is 17.1. The van der Waals surface area contributed by atoms with Crippen molar-refractivity contribution in [2.24, 2.45) is 0 Å². The monoisotopic (exact) mass is 359 g/mol. The summed E-state index contributed by atoms with van der Waals surface area (Å²) in [4.78, 5) is 1.55. The van der Waals surface area contributed by atoms with Crippen molar-refractivity contribution < 1.29 is 17.9 Å². The van der Waals surface area contributed by atoms with Crippen molar-refractivity contribution in [3.8, 4) is 0 Å². The Kier molecular flexibility index (Phi) is 4.24. The van der Waals surface area contributed by atoms with Crippen LogP contribution in [-0.4, -0.2) is 49.2 Å². The van der Waals surface area contributed by atoms with Gasteiger partial charge >= 0.3 is 0 Å². The summed E-state index contributed by atoms with van der Waals surface area (Å²) in [6.07, 6.45) is 0. The Bertz CT molecular complexity index is 964. The first-order chi connectivity index (χ1) is 12.1. The van der Waals surface area contributed by atoms with Crippen LogP contribution in [0.3, 0.4) is 0 Å². The molecule has 2 heterocycles. The largest absolute Gasteiger partial charge is 0.329 e. The lowest BCUT2D eigenvalue weighted by Crippen LogP contribution is -3.13. The van der Waals surface area contributed by atoms with Gasteiger partial charge in [0.1, 0.15) is 17.0 Å². The van der Waals surface area contributed by atoms with Crippen molar-refractivity contribution in [1.82, 2.24) is 14.6 Å². The molecule has 0 saturated carbocycles. The van der Waals surface area contributed by atoms with Crippen LogP contribution < -0.4 is 4.90 Å². The van der Waals surface area contributed by atoms with Crippen LogP contribution in [0.4, 0.5) is 0 Å². The average molecular weight is 359 g/mol. The van der Waals surface area contributed by atoms with E-state index in [1.165, 1.54) is 14.8 Å². The number of piperazine rings is 1. The van der Waals surface area contributed by atoms with Crippen molar-refractivity contribution in [3.05, 3.63) is 54.1 Å². The van der Waals surface area contributed by atoms with Crippen LogP contribution in [0.15, 0.2) is 58.1 Å². The molecule has 130 valence electrons. The van der Waals surface area contributed by atoms with Gasteiger partial charge in [-0.05, 0) is 22.4 Å². The zero-order valence-electron chi connectivity index (χ0n) is 13.6. The van der Waals surface area contributed by atoms with Gasteiger partial charge in [0.2, 0.25) is 10.0 Å². The Morgan fingerprint density at radius 1 is 1.00 bits per heavy atom. The van der Waals surface area contributed by atoms with Crippen molar-refractivity contribution in [1.29, 1.82) is 0 Å². The average Bonchev–Trinajstić information content (AvgIpc) is 3.11. The van der Waals surface area contributed by atoms with Gasteiger partial charge in [-0.1, -0.05) is 36.4 Å². The highest BCUT2D eigenvalue weighted by Crippen LogP contribution is 2.23. The lowest BCUT2D eigenvalue weighted by molar-refractivity contribution is -0.917. The first kappa shape index (κ1) is 16.2. The second kappa shape index (κ2) is 6.55. The third-order valence-corrected chi connectivity index (χ3v) is 6.52. The molecule has 1 aromatic heterocycles. The molecule has 1 aliphatic rings. The molecule has 0 radical (unpaired) electrons. The summed E-state index contributed by atoms with van der Waals surface area (Å²) < 4.78 is 32.2. The van der Waals surface area contributed by atoms with Gasteiger partial charge in [-0.25, -0.2) is 13.0 Å². The van der Waals surface area contributed by atoms with E-state index in [1.807, 2.05) is 18.2 Å². The molecule has 0 amide bonds. The Balaban J connectivity index is 1.49. The third kappa shape index (κ3) is 3.15. The van der Waals surface area contributed by atoms with Gasteiger partial charge in [-0.15, -0.1) is 0 Å². The maximum Gasteiger partial charge on any atom is 0.245 e. The quantitative estimate of drug-likeness (QED) is 0.725. The fourth-order valence-electron chi connectivity index (χ4n) is 3.23. The van der Waals surface area contributed by atoms with E-state index in [2.05, 4.69) is 27.1 Å². The SMILES string of the molecule is O=S(=O)(c1cccc2nonc12)N1CC[NH+](Cc2ccccc2)CC1. The Morgan fingerprint density at radius 2 is 1.76 bits per heavy atom. The predicted molar refractivity (Wildman–Crippen MR) is 91.4 cm³/mol. The highest BCUT2D eigenvalue weighted by Gasteiger charge is 2.32. The number of fused-ring (bicyclic) bond motifs is 1. The standard InChI is InChI=1S/C17H18N4O3S/c22-25(23,16-8-4-7-15-17(16)19-24-18-15)21-11-9-20(10-12-21)13-14-5-2-1-3-6-14/h1-8H,9-13H2/p+1. The molecule has 7 nitrogen and oxygen atoms in total. The molecule has 1 saturated heterocycles. The number of nitrogens with zero attached hydrogens (tertiary/aromatic N) is 3. The van der Waals surface area contributed by atoms with Gasteiger partial charge in [0.05, 0.1) is 26.2 Å². The lowest BCUT2D eigenvalue weighted by atomic mass is 10.2. The molecule has 0 unspecified atom stereocenters. The molecule has 2 aromatic carbocycles. The third-order valence-electron chi connectivity index (χ3n) is 4.59. The number of quaternary nitrogens is 1. The smallest absolute Gasteiger partial charge is 0.245 e. The van der Waals surface area contributed by atoms with E-state index in [-0.39, 0.29) is 4.90 Å². The zero-order valence-corrected chi connectivity index (χ0v) is 14.4. The number of hydrogen-bond acceptors (Lipinski definition) is 5. The molecule has 25 heavy (non-hydrogen) atoms. The number of rotatable bonds is 4. The fraction of sp³-hybridized carbons (Fsp3) is 0.294. The summed E-state index contributed by atoms with van der Waals surface area (Å²) in [5.41, 5.74) is 2.02. The van der Waals surface area contributed by atoms with Gasteiger partial charge in [0.25, 0.3) is 0 Å². The summed E-state index contributed by atoms with van der Waals surface area (Å²) >= 11 is 0. The summed E-state index contributed by atoms with van der Waals surface area (Å²) in [6.45, 7) is 3.46. The van der Waals surface area contributed by atoms with Crippen LogP contribution in [-0.2, 0) is 16.6 Å². The van der Waals surface area contributed by atoms with Crippen LogP contribution in [0.2, 0.25) is 0 Å². The van der Waals surface area contributed by atoms with Crippen LogP contribution >= 0.6 is 0 Å². The predicted octanol–water partition coefficient (Wildman–Crippen LogP) is 0.312. The minimum Gasteiger partial charge on any atom is -0.329 e. The van der Waals surface area contributed by atoms with Gasteiger partial charge in [-0.3, -0.25) is 0 Å². The van der Waals surface area contributed by atoms with Crippen LogP contribution in [0.5, 0.6) is 0 Å². The minimum atomic E-state index is -3.60. The molecule has 4 rings (SSSR count). The molecule has 0 bridgehead atoms. The topological polar surface area (TPSA) is 80.7 Å². The van der Waals surface area contributed by atoms with E-state index in [9.17, 15) is 8.42 Å². The van der Waals surface area contributed by atoms with Crippen molar-refractivity contribution >= 4 is 21.1 Å². The number of hydrogen-bond donors (Lipinski definition) is 1. The zero-order chi connectivity index (χ0) is 17.3. The maximum absolute atomic E-state index is 13.0. The van der Waals surface area contributed by atoms with E-state index in [4.69, 9.17) is 0 Å². The first-order valence-corrected chi connectivity index (χ1v) is 9.67. The summed E-state index contributed by atoms with van der Waals surface area (Å²) in [6, 6.07) is 15.2. The molecule has 8 heteroatoms. The molecule has 0 atom stereocenters. The number of benzene rings is 2. The molecule has 1 aliphatic heterocycles. The maximum atomic E-state index is 13.0. The molecular formula is C17H19N4O3S+. The highest BCUT2D eigenvalue weighted by atomic mass is 32.2. The van der Waals surface area contributed by atoms with Gasteiger partial charge in [0.15, 0.2) is 5.52 Å². The molecule has 1 fully saturated rings.